The number of carboxylic acid groups (broad SMARTS) is 1. The number of nitrogens with two attached hydrogens (primary N) is 1. The Morgan fingerprint density at radius 3 is 2.47 bits per heavy atom. The topological polar surface area (TPSA) is 167 Å². The number of aliphatic carboxylic acids is 1. The number of Topliss-reactive ketones (excluding diaryl/α,β-unsaturated/α-hetero) is 1. The molecule has 10 nitrogen and oxygen atoms in total. The molecule has 2 aromatic carbocycles. The Hall–Kier alpha value is -4.21. The normalized spacial score (nSPS) is 11.9. The number of ketones is 1. The molecule has 0 saturated heterocycles. The van der Waals surface area contributed by atoms with E-state index >= 15 is 0 Å². The zero-order valence-electron chi connectivity index (χ0n) is 18.9. The Balaban J connectivity index is 1.64. The molecule has 0 bridgehead atoms. The number of anilines is 2. The van der Waals surface area contributed by atoms with Crippen LogP contribution in [-0.4, -0.2) is 38.8 Å². The van der Waals surface area contributed by atoms with Crippen molar-refractivity contribution in [3.63, 3.8) is 0 Å². The number of aromatic nitrogens is 2. The highest BCUT2D eigenvalue weighted by atomic mass is 16.4. The summed E-state index contributed by atoms with van der Waals surface area (Å²) in [6.45, 7) is 3.85. The van der Waals surface area contributed by atoms with E-state index < -0.39 is 17.9 Å². The van der Waals surface area contributed by atoms with E-state index in [4.69, 9.17) is 10.8 Å². The van der Waals surface area contributed by atoms with Crippen LogP contribution in [0.5, 0.6) is 0 Å². The second kappa shape index (κ2) is 10.6. The van der Waals surface area contributed by atoms with Gasteiger partial charge in [-0.3, -0.25) is 24.2 Å². The average molecular weight is 466 g/mol. The fourth-order valence-electron chi connectivity index (χ4n) is 3.45. The van der Waals surface area contributed by atoms with E-state index in [1.807, 2.05) is 6.07 Å². The fraction of sp³-hybridized carbons (Fsp3) is 0.292. The highest BCUT2D eigenvalue weighted by Crippen LogP contribution is 2.15. The van der Waals surface area contributed by atoms with E-state index in [9.17, 15) is 19.2 Å². The highest BCUT2D eigenvalue weighted by molar-refractivity contribution is 5.98. The number of fused-ring (bicyclic) bond motifs is 1. The summed E-state index contributed by atoms with van der Waals surface area (Å²) in [7, 11) is 0. The molecule has 0 fully saturated rings. The van der Waals surface area contributed by atoms with Gasteiger partial charge < -0.3 is 21.5 Å². The van der Waals surface area contributed by atoms with Crippen LogP contribution < -0.4 is 21.9 Å². The molecule has 178 valence electrons. The average Bonchev–Trinajstić information content (AvgIpc) is 2.80. The predicted octanol–water partition coefficient (Wildman–Crippen LogP) is 2.31. The van der Waals surface area contributed by atoms with Crippen molar-refractivity contribution in [1.29, 1.82) is 0 Å². The van der Waals surface area contributed by atoms with Crippen molar-refractivity contribution in [2.24, 2.45) is 5.92 Å². The molecule has 10 heteroatoms. The van der Waals surface area contributed by atoms with Gasteiger partial charge in [0.1, 0.15) is 0 Å². The summed E-state index contributed by atoms with van der Waals surface area (Å²) in [5, 5.41) is 15.2. The van der Waals surface area contributed by atoms with Gasteiger partial charge in [0.2, 0.25) is 5.95 Å². The number of hydrogen-bond acceptors (Lipinski definition) is 7. The minimum Gasteiger partial charge on any atom is -0.481 e. The molecule has 0 radical (unpaired) electrons. The molecule has 0 aliphatic carbocycles. The third-order valence-electron chi connectivity index (χ3n) is 5.30. The van der Waals surface area contributed by atoms with Gasteiger partial charge in [-0.1, -0.05) is 19.9 Å². The molecule has 0 aliphatic heterocycles. The van der Waals surface area contributed by atoms with Gasteiger partial charge in [-0.05, 0) is 48.4 Å². The lowest BCUT2D eigenvalue weighted by molar-refractivity contribution is -0.137. The van der Waals surface area contributed by atoms with Crippen LogP contribution in [0.25, 0.3) is 10.9 Å². The Kier molecular flexibility index (Phi) is 7.62. The van der Waals surface area contributed by atoms with E-state index in [2.05, 4.69) is 20.6 Å². The molecule has 1 heterocycles. The van der Waals surface area contributed by atoms with Gasteiger partial charge in [0.25, 0.3) is 11.5 Å². The first-order valence-corrected chi connectivity index (χ1v) is 10.8. The monoisotopic (exact) mass is 465 g/mol. The molecule has 34 heavy (non-hydrogen) atoms. The number of carboxylic acids is 1. The standard InChI is InChI=1S/C24H27N5O5/c1-13(2)21(32)19(9-10-20(30)31)27-22(33)15-4-6-16(7-5-15)26-12-14-3-8-18-17(11-14)23(34)29-24(25)28-18/h3-8,11,13,19,26H,9-10,12H2,1-2H3,(H,27,33)(H,30,31)(H3,25,28,29,34). The third-order valence-corrected chi connectivity index (χ3v) is 5.30. The van der Waals surface area contributed by atoms with Crippen LogP contribution in [0.15, 0.2) is 47.3 Å². The Labute approximate surface area is 195 Å². The second-order valence-corrected chi connectivity index (χ2v) is 8.25. The molecule has 1 aromatic heterocycles. The smallest absolute Gasteiger partial charge is 0.303 e. The summed E-state index contributed by atoms with van der Waals surface area (Å²) >= 11 is 0. The van der Waals surface area contributed by atoms with Crippen molar-refractivity contribution in [3.8, 4) is 0 Å². The lowest BCUT2D eigenvalue weighted by atomic mass is 9.97. The van der Waals surface area contributed by atoms with E-state index in [0.29, 0.717) is 23.0 Å². The SMILES string of the molecule is CC(C)C(=O)C(CCC(=O)O)NC(=O)c1ccc(NCc2ccc3nc(N)[nH]c(=O)c3c2)cc1. The highest BCUT2D eigenvalue weighted by Gasteiger charge is 2.24. The van der Waals surface area contributed by atoms with Crippen molar-refractivity contribution in [1.82, 2.24) is 15.3 Å². The quantitative estimate of drug-likeness (QED) is 0.304. The molecule has 1 amide bonds. The lowest BCUT2D eigenvalue weighted by Crippen LogP contribution is -2.43. The first-order chi connectivity index (χ1) is 16.1. The van der Waals surface area contributed by atoms with Crippen LogP contribution in [0.2, 0.25) is 0 Å². The molecule has 1 unspecified atom stereocenters. The van der Waals surface area contributed by atoms with Gasteiger partial charge >= 0.3 is 5.97 Å². The maximum Gasteiger partial charge on any atom is 0.303 e. The largest absolute Gasteiger partial charge is 0.481 e. The minimum absolute atomic E-state index is 0.0361. The van der Waals surface area contributed by atoms with Crippen LogP contribution in [-0.2, 0) is 16.1 Å². The van der Waals surface area contributed by atoms with Crippen molar-refractivity contribution >= 4 is 40.2 Å². The summed E-state index contributed by atoms with van der Waals surface area (Å²) < 4.78 is 0. The van der Waals surface area contributed by atoms with Crippen LogP contribution in [0.4, 0.5) is 11.6 Å². The van der Waals surface area contributed by atoms with Gasteiger partial charge in [-0.25, -0.2) is 4.98 Å². The molecule has 6 N–H and O–H groups in total. The first kappa shape index (κ1) is 24.4. The summed E-state index contributed by atoms with van der Waals surface area (Å²) in [5.74, 6) is -1.95. The van der Waals surface area contributed by atoms with E-state index in [-0.39, 0.29) is 36.1 Å². The number of rotatable bonds is 10. The van der Waals surface area contributed by atoms with Gasteiger partial charge in [0.15, 0.2) is 5.78 Å². The fourth-order valence-corrected chi connectivity index (χ4v) is 3.45. The molecule has 3 aromatic rings. The third kappa shape index (κ3) is 6.18. The summed E-state index contributed by atoms with van der Waals surface area (Å²) in [6.07, 6.45) is -0.176. The summed E-state index contributed by atoms with van der Waals surface area (Å²) in [5.41, 5.74) is 7.73. The Morgan fingerprint density at radius 1 is 1.12 bits per heavy atom. The zero-order valence-corrected chi connectivity index (χ0v) is 18.9. The Bertz CT molecular complexity index is 1270. The van der Waals surface area contributed by atoms with Crippen molar-refractivity contribution in [3.05, 3.63) is 63.9 Å². The van der Waals surface area contributed by atoms with Gasteiger partial charge in [0, 0.05) is 30.1 Å². The lowest BCUT2D eigenvalue weighted by Gasteiger charge is -2.19. The van der Waals surface area contributed by atoms with Crippen molar-refractivity contribution in [2.45, 2.75) is 39.3 Å². The van der Waals surface area contributed by atoms with Gasteiger partial charge in [-0.2, -0.15) is 0 Å². The maximum absolute atomic E-state index is 12.6. The number of nitrogens with one attached hydrogen (secondary N) is 3. The van der Waals surface area contributed by atoms with Gasteiger partial charge in [-0.15, -0.1) is 0 Å². The van der Waals surface area contributed by atoms with E-state index in [0.717, 1.165) is 11.3 Å². The number of aromatic amines is 1. The maximum atomic E-state index is 12.6. The number of hydrogen-bond donors (Lipinski definition) is 5. The number of carbonyl (C=O) groups excluding carboxylic acids is 2. The number of amides is 1. The van der Waals surface area contributed by atoms with E-state index in [1.165, 1.54) is 0 Å². The summed E-state index contributed by atoms with van der Waals surface area (Å²) in [4.78, 5) is 54.5. The van der Waals surface area contributed by atoms with Crippen LogP contribution in [0.3, 0.4) is 0 Å². The summed E-state index contributed by atoms with van der Waals surface area (Å²) in [6, 6.07) is 11.1. The van der Waals surface area contributed by atoms with Crippen LogP contribution in [0, 0.1) is 5.92 Å². The van der Waals surface area contributed by atoms with Gasteiger partial charge in [0.05, 0.1) is 16.9 Å². The molecule has 0 spiro atoms. The number of nitrogen functional groups attached to an aromatic ring is 1. The van der Waals surface area contributed by atoms with Crippen LogP contribution in [0.1, 0.15) is 42.6 Å². The molecule has 0 aliphatic rings. The first-order valence-electron chi connectivity index (χ1n) is 10.8. The molecule has 1 atom stereocenters. The van der Waals surface area contributed by atoms with Crippen molar-refractivity contribution in [2.75, 3.05) is 11.1 Å². The predicted molar refractivity (Wildman–Crippen MR) is 129 cm³/mol. The number of H-pyrrole nitrogens is 1. The molecular weight excluding hydrogens is 438 g/mol. The number of nitrogens with zero attached hydrogens (tertiary/aromatic N) is 1. The minimum atomic E-state index is -1.03. The van der Waals surface area contributed by atoms with E-state index in [1.54, 1.807) is 50.2 Å². The molecular formula is C24H27N5O5. The Morgan fingerprint density at radius 2 is 1.82 bits per heavy atom. The van der Waals surface area contributed by atoms with Crippen LogP contribution >= 0.6 is 0 Å². The number of carbonyl (C=O) groups is 3. The van der Waals surface area contributed by atoms with Crippen molar-refractivity contribution < 1.29 is 19.5 Å². The zero-order chi connectivity index (χ0) is 24.8. The molecule has 3 rings (SSSR count). The number of benzene rings is 2. The second-order valence-electron chi connectivity index (χ2n) is 8.25. The molecule has 0 saturated carbocycles.